The maximum absolute atomic E-state index is 12.9. The summed E-state index contributed by atoms with van der Waals surface area (Å²) in [6, 6.07) is 13.6. The average Bonchev–Trinajstić information content (AvgIpc) is 2.74. The van der Waals surface area contributed by atoms with E-state index in [1.807, 2.05) is 12.1 Å². The van der Waals surface area contributed by atoms with Gasteiger partial charge in [0.25, 0.3) is 0 Å². The summed E-state index contributed by atoms with van der Waals surface area (Å²) in [4.78, 5) is 12.4. The minimum absolute atomic E-state index is 0.0148. The largest absolute Gasteiger partial charge is 0.356 e. The van der Waals surface area contributed by atoms with Crippen LogP contribution in [0.15, 0.2) is 53.0 Å². The number of carbonyl (C=O) groups is 1. The van der Waals surface area contributed by atoms with Crippen LogP contribution in [0.4, 0.5) is 4.39 Å². The Kier molecular flexibility index (Phi) is 8.02. The van der Waals surface area contributed by atoms with E-state index in [4.69, 9.17) is 0 Å². The van der Waals surface area contributed by atoms with Crippen molar-refractivity contribution in [2.75, 3.05) is 19.6 Å². The van der Waals surface area contributed by atoms with Crippen molar-refractivity contribution in [1.29, 1.82) is 0 Å². The highest BCUT2D eigenvalue weighted by molar-refractivity contribution is 9.10. The third-order valence-electron chi connectivity index (χ3n) is 5.34. The predicted octanol–water partition coefficient (Wildman–Crippen LogP) is 3.88. The topological polar surface area (TPSA) is 66.5 Å². The Hall–Kier alpha value is -1.77. The van der Waals surface area contributed by atoms with Crippen molar-refractivity contribution in [3.05, 3.63) is 69.9 Å². The predicted molar refractivity (Wildman–Crippen MR) is 119 cm³/mol. The molecule has 5 nitrogen and oxygen atoms in total. The summed E-state index contributed by atoms with van der Waals surface area (Å²) in [5.41, 5.74) is 1.79. The highest BCUT2D eigenvalue weighted by Gasteiger charge is 2.31. The Labute approximate surface area is 185 Å². The van der Waals surface area contributed by atoms with Gasteiger partial charge in [-0.2, -0.15) is 0 Å². The van der Waals surface area contributed by atoms with Crippen molar-refractivity contribution in [2.24, 2.45) is 5.92 Å². The molecule has 162 valence electrons. The molecule has 30 heavy (non-hydrogen) atoms. The number of hydrogen-bond donors (Lipinski definition) is 1. The van der Waals surface area contributed by atoms with Gasteiger partial charge in [0.2, 0.25) is 15.9 Å². The van der Waals surface area contributed by atoms with Crippen LogP contribution < -0.4 is 5.32 Å². The van der Waals surface area contributed by atoms with Crippen molar-refractivity contribution in [1.82, 2.24) is 9.62 Å². The first-order chi connectivity index (χ1) is 14.3. The summed E-state index contributed by atoms with van der Waals surface area (Å²) >= 11 is 3.35. The molecule has 0 radical (unpaired) electrons. The van der Waals surface area contributed by atoms with Gasteiger partial charge in [0.15, 0.2) is 0 Å². The van der Waals surface area contributed by atoms with Crippen molar-refractivity contribution in [3.63, 3.8) is 0 Å². The van der Waals surface area contributed by atoms with E-state index in [-0.39, 0.29) is 23.4 Å². The van der Waals surface area contributed by atoms with Crippen molar-refractivity contribution < 1.29 is 17.6 Å². The maximum atomic E-state index is 12.9. The molecule has 1 fully saturated rings. The molecule has 1 heterocycles. The molecule has 0 atom stereocenters. The Balaban J connectivity index is 1.40. The molecule has 8 heteroatoms. The number of carbonyl (C=O) groups excluding carboxylic acids is 1. The number of rotatable bonds is 8. The number of nitrogens with zero attached hydrogens (tertiary/aromatic N) is 1. The molecular formula is C22H26BrFN2O3S. The zero-order valence-electron chi connectivity index (χ0n) is 16.7. The van der Waals surface area contributed by atoms with Gasteiger partial charge in [0.1, 0.15) is 5.82 Å². The lowest BCUT2D eigenvalue weighted by molar-refractivity contribution is -0.126. The van der Waals surface area contributed by atoms with E-state index in [2.05, 4.69) is 21.2 Å². The molecule has 0 aromatic heterocycles. The lowest BCUT2D eigenvalue weighted by atomic mass is 9.97. The number of halogens is 2. The minimum atomic E-state index is -3.39. The summed E-state index contributed by atoms with van der Waals surface area (Å²) in [6.07, 6.45) is 2.61. The molecule has 1 amide bonds. The van der Waals surface area contributed by atoms with Gasteiger partial charge in [0.05, 0.1) is 5.75 Å². The molecule has 1 N–H and O–H groups in total. The van der Waals surface area contributed by atoms with Crippen LogP contribution in [0.25, 0.3) is 0 Å². The number of nitrogens with one attached hydrogen (secondary N) is 1. The third-order valence-corrected chi connectivity index (χ3v) is 7.71. The zero-order valence-corrected chi connectivity index (χ0v) is 19.1. The van der Waals surface area contributed by atoms with Crippen molar-refractivity contribution in [2.45, 2.75) is 31.4 Å². The van der Waals surface area contributed by atoms with E-state index in [0.717, 1.165) is 28.4 Å². The first-order valence-electron chi connectivity index (χ1n) is 10.1. The molecule has 3 rings (SSSR count). The van der Waals surface area contributed by atoms with Crippen LogP contribution in [0, 0.1) is 11.7 Å². The standard InChI is InChI=1S/C22H26BrFN2O3S/c23-20-7-3-18(4-8-20)16-30(28,29)26-14-11-19(12-15-26)22(27)25-13-1-2-17-5-9-21(24)10-6-17/h3-10,19H,1-2,11-16H2,(H,25,27). The number of aryl methyl sites for hydroxylation is 1. The number of benzene rings is 2. The maximum Gasteiger partial charge on any atom is 0.223 e. The molecular weight excluding hydrogens is 471 g/mol. The van der Waals surface area contributed by atoms with Gasteiger partial charge in [0, 0.05) is 30.0 Å². The summed E-state index contributed by atoms with van der Waals surface area (Å²) in [5, 5.41) is 2.95. The van der Waals surface area contributed by atoms with Crippen molar-refractivity contribution >= 4 is 31.9 Å². The van der Waals surface area contributed by atoms with Gasteiger partial charge in [-0.15, -0.1) is 0 Å². The van der Waals surface area contributed by atoms with Crippen LogP contribution in [-0.4, -0.2) is 38.3 Å². The lowest BCUT2D eigenvalue weighted by Gasteiger charge is -2.30. The fraction of sp³-hybridized carbons (Fsp3) is 0.409. The molecule has 0 bridgehead atoms. The minimum Gasteiger partial charge on any atom is -0.356 e. The van der Waals surface area contributed by atoms with Crippen LogP contribution in [0.3, 0.4) is 0 Å². The highest BCUT2D eigenvalue weighted by atomic mass is 79.9. The summed E-state index contributed by atoms with van der Waals surface area (Å²) < 4.78 is 40.7. The van der Waals surface area contributed by atoms with E-state index in [1.54, 1.807) is 24.3 Å². The molecule has 0 spiro atoms. The summed E-state index contributed by atoms with van der Waals surface area (Å²) in [5.74, 6) is -0.452. The second-order valence-corrected chi connectivity index (χ2v) is 10.5. The molecule has 1 saturated heterocycles. The van der Waals surface area contributed by atoms with Crippen LogP contribution in [0.1, 0.15) is 30.4 Å². The summed E-state index contributed by atoms with van der Waals surface area (Å²) in [7, 11) is -3.39. The van der Waals surface area contributed by atoms with E-state index in [1.165, 1.54) is 16.4 Å². The van der Waals surface area contributed by atoms with Gasteiger partial charge in [-0.25, -0.2) is 17.1 Å². The fourth-order valence-corrected chi connectivity index (χ4v) is 5.41. The Bertz CT molecular complexity index is 941. The number of amides is 1. The lowest BCUT2D eigenvalue weighted by Crippen LogP contribution is -2.43. The van der Waals surface area contributed by atoms with Gasteiger partial charge in [-0.05, 0) is 61.1 Å². The zero-order chi connectivity index (χ0) is 21.6. The Morgan fingerprint density at radius 3 is 2.27 bits per heavy atom. The average molecular weight is 497 g/mol. The SMILES string of the molecule is O=C(NCCCc1ccc(F)cc1)C1CCN(S(=O)(=O)Cc2ccc(Br)cc2)CC1. The molecule has 1 aliphatic rings. The van der Waals surface area contributed by atoms with Crippen LogP contribution in [-0.2, 0) is 27.0 Å². The van der Waals surface area contributed by atoms with Crippen LogP contribution in [0.5, 0.6) is 0 Å². The fourth-order valence-electron chi connectivity index (χ4n) is 3.58. The normalized spacial score (nSPS) is 15.8. The van der Waals surface area contributed by atoms with Gasteiger partial charge >= 0.3 is 0 Å². The van der Waals surface area contributed by atoms with E-state index in [9.17, 15) is 17.6 Å². The molecule has 2 aromatic carbocycles. The van der Waals surface area contributed by atoms with Crippen LogP contribution in [0.2, 0.25) is 0 Å². The quantitative estimate of drug-likeness (QED) is 0.563. The number of piperidine rings is 1. The highest BCUT2D eigenvalue weighted by Crippen LogP contribution is 2.22. The van der Waals surface area contributed by atoms with Gasteiger partial charge in [-0.3, -0.25) is 4.79 Å². The number of sulfonamides is 1. The molecule has 0 unspecified atom stereocenters. The molecule has 1 aliphatic heterocycles. The van der Waals surface area contributed by atoms with Gasteiger partial charge < -0.3 is 5.32 Å². The first-order valence-corrected chi connectivity index (χ1v) is 12.5. The first kappa shape index (κ1) is 22.9. The monoisotopic (exact) mass is 496 g/mol. The van der Waals surface area contributed by atoms with E-state index < -0.39 is 10.0 Å². The summed E-state index contributed by atoms with van der Waals surface area (Å²) in [6.45, 7) is 1.29. The number of hydrogen-bond acceptors (Lipinski definition) is 3. The Morgan fingerprint density at radius 2 is 1.63 bits per heavy atom. The van der Waals surface area contributed by atoms with Crippen molar-refractivity contribution in [3.8, 4) is 0 Å². The van der Waals surface area contributed by atoms with Gasteiger partial charge in [-0.1, -0.05) is 40.2 Å². The van der Waals surface area contributed by atoms with E-state index in [0.29, 0.717) is 32.5 Å². The second-order valence-electron chi connectivity index (χ2n) is 7.58. The smallest absolute Gasteiger partial charge is 0.223 e. The molecule has 0 saturated carbocycles. The van der Waals surface area contributed by atoms with Crippen LogP contribution >= 0.6 is 15.9 Å². The van der Waals surface area contributed by atoms with E-state index >= 15 is 0 Å². The second kappa shape index (κ2) is 10.5. The molecule has 2 aromatic rings. The third kappa shape index (κ3) is 6.62. The molecule has 0 aliphatic carbocycles. The Morgan fingerprint density at radius 1 is 1.03 bits per heavy atom.